The van der Waals surface area contributed by atoms with Crippen molar-refractivity contribution in [2.75, 3.05) is 26.6 Å². The molecule has 1 saturated heterocycles. The van der Waals surface area contributed by atoms with Gasteiger partial charge in [-0.1, -0.05) is 0 Å². The second kappa shape index (κ2) is 7.02. The van der Waals surface area contributed by atoms with Crippen LogP contribution in [-0.2, 0) is 4.74 Å². The molecule has 2 N–H and O–H groups in total. The van der Waals surface area contributed by atoms with Gasteiger partial charge in [-0.3, -0.25) is 0 Å². The van der Waals surface area contributed by atoms with E-state index in [4.69, 9.17) is 19.3 Å². The Hall–Kier alpha value is -1.44. The number of hydrogen-bond acceptors (Lipinski definition) is 7. The molecule has 0 aromatic heterocycles. The largest absolute Gasteiger partial charge is 0.497 e. The third-order valence-corrected chi connectivity index (χ3v) is 4.68. The number of rotatable bonds is 5. The van der Waals surface area contributed by atoms with Gasteiger partial charge in [0.05, 0.1) is 26.1 Å². The van der Waals surface area contributed by atoms with Crippen molar-refractivity contribution in [1.82, 2.24) is 0 Å². The van der Waals surface area contributed by atoms with Crippen LogP contribution in [0.2, 0.25) is 0 Å². The van der Waals surface area contributed by atoms with E-state index in [0.29, 0.717) is 17.3 Å². The first kappa shape index (κ1) is 15.9. The van der Waals surface area contributed by atoms with E-state index in [1.165, 1.54) is 26.0 Å². The number of benzene rings is 1. The number of esters is 1. The highest BCUT2D eigenvalue weighted by Crippen LogP contribution is 2.31. The molecule has 7 heteroatoms. The summed E-state index contributed by atoms with van der Waals surface area (Å²) in [6.07, 6.45) is -1.50. The Morgan fingerprint density at radius 2 is 2.14 bits per heavy atom. The van der Waals surface area contributed by atoms with Crippen LogP contribution in [0.3, 0.4) is 0 Å². The summed E-state index contributed by atoms with van der Waals surface area (Å²) in [4.78, 5) is 12.2. The number of ether oxygens (including phenoxy) is 3. The van der Waals surface area contributed by atoms with E-state index in [1.807, 2.05) is 0 Å². The summed E-state index contributed by atoms with van der Waals surface area (Å²) in [6.45, 7) is -0.147. The van der Waals surface area contributed by atoms with Crippen molar-refractivity contribution in [2.24, 2.45) is 0 Å². The van der Waals surface area contributed by atoms with Crippen LogP contribution in [0.25, 0.3) is 0 Å². The average molecular weight is 314 g/mol. The van der Waals surface area contributed by atoms with Gasteiger partial charge in [0.25, 0.3) is 0 Å². The first-order valence-corrected chi connectivity index (χ1v) is 7.49. The maximum absolute atomic E-state index is 12.2. The van der Waals surface area contributed by atoms with Gasteiger partial charge in [-0.05, 0) is 12.1 Å². The van der Waals surface area contributed by atoms with Gasteiger partial charge in [-0.15, -0.1) is 11.8 Å². The minimum atomic E-state index is -0.867. The normalized spacial score (nSPS) is 24.7. The third kappa shape index (κ3) is 3.42. The number of aliphatic hydroxyl groups excluding tert-OH is 2. The van der Waals surface area contributed by atoms with Crippen molar-refractivity contribution >= 4 is 17.7 Å². The number of carbonyl (C=O) groups is 1. The summed E-state index contributed by atoms with van der Waals surface area (Å²) in [6, 6.07) is 4.78. The van der Waals surface area contributed by atoms with Crippen LogP contribution >= 0.6 is 11.8 Å². The maximum atomic E-state index is 12.2. The average Bonchev–Trinajstić information content (AvgIpc) is 2.86. The van der Waals surface area contributed by atoms with Gasteiger partial charge in [-0.2, -0.15) is 0 Å². The fraction of sp³-hybridized carbons (Fsp3) is 0.500. The van der Waals surface area contributed by atoms with Crippen LogP contribution in [-0.4, -0.2) is 60.2 Å². The quantitative estimate of drug-likeness (QED) is 0.774. The lowest BCUT2D eigenvalue weighted by atomic mass is 10.1. The van der Waals surface area contributed by atoms with Crippen molar-refractivity contribution in [3.63, 3.8) is 0 Å². The number of methoxy groups -OCH3 is 2. The summed E-state index contributed by atoms with van der Waals surface area (Å²) in [7, 11) is 2.97. The number of hydrogen-bond donors (Lipinski definition) is 2. The van der Waals surface area contributed by atoms with Crippen LogP contribution in [0, 0.1) is 0 Å². The van der Waals surface area contributed by atoms with Gasteiger partial charge in [0.2, 0.25) is 0 Å². The van der Waals surface area contributed by atoms with E-state index in [-0.39, 0.29) is 17.4 Å². The fourth-order valence-electron chi connectivity index (χ4n) is 2.09. The van der Waals surface area contributed by atoms with Crippen molar-refractivity contribution < 1.29 is 29.2 Å². The number of carbonyl (C=O) groups excluding carboxylic acids is 1. The second-order valence-electron chi connectivity index (χ2n) is 4.55. The van der Waals surface area contributed by atoms with Crippen LogP contribution in [0.4, 0.5) is 0 Å². The minimum Gasteiger partial charge on any atom is -0.497 e. The van der Waals surface area contributed by atoms with Gasteiger partial charge in [0.1, 0.15) is 29.3 Å². The molecule has 1 aliphatic rings. The molecule has 0 radical (unpaired) electrons. The predicted octanol–water partition coefficient (Wildman–Crippen LogP) is 0.698. The molecule has 21 heavy (non-hydrogen) atoms. The summed E-state index contributed by atoms with van der Waals surface area (Å²) in [5.41, 5.74) is 0.267. The predicted molar refractivity (Wildman–Crippen MR) is 78.1 cm³/mol. The molecule has 1 fully saturated rings. The van der Waals surface area contributed by atoms with E-state index in [9.17, 15) is 9.90 Å². The zero-order chi connectivity index (χ0) is 15.4. The molecule has 1 heterocycles. The van der Waals surface area contributed by atoms with E-state index >= 15 is 0 Å². The highest BCUT2D eigenvalue weighted by Gasteiger charge is 2.38. The Morgan fingerprint density at radius 3 is 2.71 bits per heavy atom. The molecular weight excluding hydrogens is 296 g/mol. The highest BCUT2D eigenvalue weighted by atomic mass is 32.2. The van der Waals surface area contributed by atoms with Gasteiger partial charge in [0.15, 0.2) is 0 Å². The van der Waals surface area contributed by atoms with Crippen LogP contribution in [0.5, 0.6) is 11.5 Å². The standard InChI is InChI=1S/C14H18O6S/c1-18-8-3-4-9(10(5-8)19-2)14(17)20-11-7-21-12(6-15)13(11)16/h3-5,11-13,15-16H,6-7H2,1-2H3/t11-,12+,13-/m0/s1. The van der Waals surface area contributed by atoms with E-state index in [2.05, 4.69) is 0 Å². The fourth-order valence-corrected chi connectivity index (χ4v) is 3.27. The monoisotopic (exact) mass is 314 g/mol. The van der Waals surface area contributed by atoms with Crippen LogP contribution in [0.15, 0.2) is 18.2 Å². The van der Waals surface area contributed by atoms with E-state index in [1.54, 1.807) is 18.2 Å². The second-order valence-corrected chi connectivity index (χ2v) is 5.83. The molecule has 116 valence electrons. The van der Waals surface area contributed by atoms with Crippen molar-refractivity contribution in [1.29, 1.82) is 0 Å². The highest BCUT2D eigenvalue weighted by molar-refractivity contribution is 8.00. The molecule has 1 aliphatic heterocycles. The van der Waals surface area contributed by atoms with Gasteiger partial charge >= 0.3 is 5.97 Å². The van der Waals surface area contributed by atoms with E-state index < -0.39 is 18.2 Å². The molecule has 0 aliphatic carbocycles. The summed E-state index contributed by atoms with van der Waals surface area (Å²) in [5, 5.41) is 18.7. The Kier molecular flexibility index (Phi) is 5.33. The van der Waals surface area contributed by atoms with Crippen LogP contribution in [0.1, 0.15) is 10.4 Å². The smallest absolute Gasteiger partial charge is 0.342 e. The molecule has 0 bridgehead atoms. The van der Waals surface area contributed by atoms with Crippen molar-refractivity contribution in [2.45, 2.75) is 17.5 Å². The summed E-state index contributed by atoms with van der Waals surface area (Å²) in [5.74, 6) is 0.799. The Morgan fingerprint density at radius 1 is 1.38 bits per heavy atom. The molecular formula is C14H18O6S. The summed E-state index contributed by atoms with van der Waals surface area (Å²) >= 11 is 1.38. The molecule has 0 unspecified atom stereocenters. The zero-order valence-electron chi connectivity index (χ0n) is 11.8. The minimum absolute atomic E-state index is 0.147. The molecule has 2 rings (SSSR count). The van der Waals surface area contributed by atoms with Gasteiger partial charge < -0.3 is 24.4 Å². The van der Waals surface area contributed by atoms with Crippen molar-refractivity contribution in [3.05, 3.63) is 23.8 Å². The zero-order valence-corrected chi connectivity index (χ0v) is 12.6. The van der Waals surface area contributed by atoms with Crippen molar-refractivity contribution in [3.8, 4) is 11.5 Å². The molecule has 1 aromatic carbocycles. The SMILES string of the molecule is COc1ccc(C(=O)O[C@H]2CS[C@H](CO)[C@H]2O)c(OC)c1. The molecule has 3 atom stereocenters. The van der Waals surface area contributed by atoms with Gasteiger partial charge in [-0.25, -0.2) is 4.79 Å². The molecule has 6 nitrogen and oxygen atoms in total. The molecule has 0 saturated carbocycles. The number of thioether (sulfide) groups is 1. The number of aliphatic hydroxyl groups is 2. The lowest BCUT2D eigenvalue weighted by Gasteiger charge is -2.18. The molecule has 1 aromatic rings. The molecule has 0 amide bonds. The Labute approximate surface area is 127 Å². The van der Waals surface area contributed by atoms with E-state index in [0.717, 1.165) is 0 Å². The Balaban J connectivity index is 2.10. The molecule has 0 spiro atoms. The third-order valence-electron chi connectivity index (χ3n) is 3.30. The lowest BCUT2D eigenvalue weighted by Crippen LogP contribution is -2.35. The van der Waals surface area contributed by atoms with Crippen LogP contribution < -0.4 is 9.47 Å². The first-order valence-electron chi connectivity index (χ1n) is 6.44. The Bertz CT molecular complexity index is 506. The summed E-state index contributed by atoms with van der Waals surface area (Å²) < 4.78 is 15.5. The lowest BCUT2D eigenvalue weighted by molar-refractivity contribution is -0.00832. The van der Waals surface area contributed by atoms with Gasteiger partial charge in [0, 0.05) is 11.8 Å². The maximum Gasteiger partial charge on any atom is 0.342 e. The topological polar surface area (TPSA) is 85.2 Å². The first-order chi connectivity index (χ1) is 10.1.